The monoisotopic (exact) mass is 734 g/mol. The van der Waals surface area contributed by atoms with E-state index in [1.54, 1.807) is 21.1 Å². The fraction of sp³-hybridized carbons (Fsp3) is 0.674. The zero-order valence-corrected chi connectivity index (χ0v) is 34.4. The standard InChI is InChI=1S/C43H67N5O5/c1-25(2)21-47(22-26(3)4)24-37-38(28(6)49)39(42(51)45-36-20-32-19-35(27(36)5)43(32,7)8)48(53-37)23-29-14-13-15-34(40(29)52-12)30-16-31(41(50)44-9)18-33(17-30)46(10)11/h13-18,25-28,32,35-39,49H,19-24H2,1-12H3,(H,44,50)(H,45,51)/t27-,28-,32+,35+,36-,37-,38+,39-/m0/s1. The number of fused-ring (bicyclic) bond motifs is 2. The predicted molar refractivity (Wildman–Crippen MR) is 213 cm³/mol. The van der Waals surface area contributed by atoms with Gasteiger partial charge in [0.05, 0.1) is 25.9 Å². The minimum atomic E-state index is -0.776. The molecule has 0 radical (unpaired) electrons. The van der Waals surface area contributed by atoms with E-state index in [-0.39, 0.29) is 30.5 Å². The number of aliphatic hydroxyl groups is 1. The highest BCUT2D eigenvalue weighted by molar-refractivity contribution is 5.97. The molecule has 2 bridgehead atoms. The molecule has 4 fully saturated rings. The zero-order valence-electron chi connectivity index (χ0n) is 34.4. The van der Waals surface area contributed by atoms with E-state index < -0.39 is 18.1 Å². The molecule has 3 saturated carbocycles. The number of nitrogens with one attached hydrogen (secondary N) is 2. The van der Waals surface area contributed by atoms with Crippen molar-refractivity contribution in [1.82, 2.24) is 20.6 Å². The number of hydrogen-bond acceptors (Lipinski definition) is 8. The molecule has 2 amide bonds. The smallest absolute Gasteiger partial charge is 0.251 e. The van der Waals surface area contributed by atoms with E-state index in [1.807, 2.05) is 60.5 Å². The number of hydrogen-bond donors (Lipinski definition) is 3. The van der Waals surface area contributed by atoms with E-state index in [1.165, 1.54) is 6.42 Å². The highest BCUT2D eigenvalue weighted by Crippen LogP contribution is 2.61. The van der Waals surface area contributed by atoms with Gasteiger partial charge in [-0.15, -0.1) is 0 Å². The Bertz CT molecular complexity index is 1580. The number of para-hydroxylation sites is 1. The third kappa shape index (κ3) is 8.71. The van der Waals surface area contributed by atoms with Gasteiger partial charge < -0.3 is 30.3 Å². The van der Waals surface area contributed by atoms with Crippen LogP contribution in [0.3, 0.4) is 0 Å². The van der Waals surface area contributed by atoms with Crippen LogP contribution in [0.15, 0.2) is 36.4 Å². The lowest BCUT2D eigenvalue weighted by atomic mass is 9.45. The summed E-state index contributed by atoms with van der Waals surface area (Å²) in [7, 11) is 7.19. The van der Waals surface area contributed by atoms with Gasteiger partial charge in [-0.25, -0.2) is 0 Å². The first-order chi connectivity index (χ1) is 25.0. The average Bonchev–Trinajstić information content (AvgIpc) is 3.44. The molecule has 0 spiro atoms. The molecule has 53 heavy (non-hydrogen) atoms. The van der Waals surface area contributed by atoms with Gasteiger partial charge in [-0.1, -0.05) is 66.7 Å². The van der Waals surface area contributed by atoms with Crippen molar-refractivity contribution in [2.45, 2.75) is 99.1 Å². The fourth-order valence-electron chi connectivity index (χ4n) is 9.64. The Labute approximate surface area is 318 Å². The number of hydroxylamine groups is 2. The van der Waals surface area contributed by atoms with Gasteiger partial charge in [0.25, 0.3) is 5.91 Å². The molecule has 4 aliphatic rings. The summed E-state index contributed by atoms with van der Waals surface area (Å²) in [6.45, 7) is 20.4. The van der Waals surface area contributed by atoms with Crippen molar-refractivity contribution in [1.29, 1.82) is 0 Å². The summed E-state index contributed by atoms with van der Waals surface area (Å²) in [5.41, 5.74) is 4.27. The third-order valence-electron chi connectivity index (χ3n) is 12.4. The molecule has 6 rings (SSSR count). The average molecular weight is 734 g/mol. The van der Waals surface area contributed by atoms with Crippen LogP contribution >= 0.6 is 0 Å². The van der Waals surface area contributed by atoms with Crippen LogP contribution in [0.2, 0.25) is 0 Å². The third-order valence-corrected chi connectivity index (χ3v) is 12.4. The Balaban J connectivity index is 1.52. The first-order valence-corrected chi connectivity index (χ1v) is 19.8. The summed E-state index contributed by atoms with van der Waals surface area (Å²) in [5, 5.41) is 19.5. The molecule has 10 nitrogen and oxygen atoms in total. The van der Waals surface area contributed by atoms with Gasteiger partial charge in [0.15, 0.2) is 0 Å². The van der Waals surface area contributed by atoms with Crippen molar-refractivity contribution in [3.05, 3.63) is 47.5 Å². The van der Waals surface area contributed by atoms with Gasteiger partial charge in [-0.05, 0) is 78.5 Å². The number of ether oxygens (including phenoxy) is 1. The van der Waals surface area contributed by atoms with E-state index in [0.717, 1.165) is 41.9 Å². The van der Waals surface area contributed by atoms with E-state index >= 15 is 0 Å². The molecule has 0 aromatic heterocycles. The van der Waals surface area contributed by atoms with Crippen LogP contribution in [0, 0.1) is 40.9 Å². The van der Waals surface area contributed by atoms with Gasteiger partial charge in [0.1, 0.15) is 11.8 Å². The van der Waals surface area contributed by atoms with Crippen LogP contribution in [0.25, 0.3) is 11.1 Å². The highest BCUT2D eigenvalue weighted by Gasteiger charge is 2.57. The number of carbonyl (C=O) groups excluding carboxylic acids is 2. The molecular weight excluding hydrogens is 667 g/mol. The maximum absolute atomic E-state index is 14.7. The predicted octanol–water partition coefficient (Wildman–Crippen LogP) is 6.07. The van der Waals surface area contributed by atoms with E-state index in [9.17, 15) is 14.7 Å². The highest BCUT2D eigenvalue weighted by atomic mass is 16.7. The second kappa shape index (κ2) is 16.7. The van der Waals surface area contributed by atoms with Gasteiger partial charge >= 0.3 is 0 Å². The molecule has 8 atom stereocenters. The molecule has 0 unspecified atom stereocenters. The molecule has 294 valence electrons. The zero-order chi connectivity index (χ0) is 38.9. The molecule has 2 aromatic carbocycles. The number of benzene rings is 2. The van der Waals surface area contributed by atoms with Crippen LogP contribution in [0.5, 0.6) is 5.75 Å². The number of amides is 2. The number of aliphatic hydroxyl groups excluding tert-OH is 1. The second-order valence-corrected chi connectivity index (χ2v) is 17.8. The molecule has 1 saturated heterocycles. The van der Waals surface area contributed by atoms with Crippen molar-refractivity contribution in [3.63, 3.8) is 0 Å². The summed E-state index contributed by atoms with van der Waals surface area (Å²) in [6, 6.07) is 11.2. The Kier molecular flexibility index (Phi) is 12.9. The van der Waals surface area contributed by atoms with E-state index in [2.05, 4.69) is 64.0 Å². The van der Waals surface area contributed by atoms with Crippen molar-refractivity contribution in [3.8, 4) is 16.9 Å². The Morgan fingerprint density at radius 2 is 1.74 bits per heavy atom. The quantitative estimate of drug-likeness (QED) is 0.203. The van der Waals surface area contributed by atoms with Gasteiger partial charge in [-0.3, -0.25) is 14.4 Å². The topological polar surface area (TPSA) is 107 Å². The van der Waals surface area contributed by atoms with Crippen molar-refractivity contribution in [2.24, 2.45) is 40.9 Å². The lowest BCUT2D eigenvalue weighted by molar-refractivity contribution is -0.180. The molecule has 3 aliphatic carbocycles. The fourth-order valence-corrected chi connectivity index (χ4v) is 9.64. The molecular formula is C43H67N5O5. The lowest BCUT2D eigenvalue weighted by Crippen LogP contribution is -2.62. The number of methoxy groups -OCH3 is 1. The Hall–Kier alpha value is -3.18. The van der Waals surface area contributed by atoms with Crippen LogP contribution in [-0.4, -0.2) is 99.1 Å². The number of carbonyl (C=O) groups is 2. The minimum absolute atomic E-state index is 0.0855. The summed E-state index contributed by atoms with van der Waals surface area (Å²) < 4.78 is 6.13. The van der Waals surface area contributed by atoms with Crippen LogP contribution in [0.1, 0.15) is 84.2 Å². The SMILES string of the molecule is CNC(=O)c1cc(-c2cccc(CN3O[C@@H](CN(CC(C)C)CC(C)C)[C@@H]([C@H](C)O)[C@H]3C(=O)N[C@H]3C[C@H]4C[C@H]([C@@H]3C)C4(C)C)c2OC)cc(N(C)C)c1. The van der Waals surface area contributed by atoms with Crippen LogP contribution in [-0.2, 0) is 16.2 Å². The number of anilines is 1. The molecule has 3 N–H and O–H groups in total. The van der Waals surface area contributed by atoms with E-state index in [4.69, 9.17) is 9.57 Å². The summed E-state index contributed by atoms with van der Waals surface area (Å²) in [6.07, 6.45) is 1.04. The van der Waals surface area contributed by atoms with Gasteiger partial charge in [0, 0.05) is 75.1 Å². The first-order valence-electron chi connectivity index (χ1n) is 19.8. The van der Waals surface area contributed by atoms with Gasteiger partial charge in [0.2, 0.25) is 5.91 Å². The first kappa shape index (κ1) is 41.0. The van der Waals surface area contributed by atoms with Crippen LogP contribution < -0.4 is 20.3 Å². The summed E-state index contributed by atoms with van der Waals surface area (Å²) >= 11 is 0. The molecule has 1 heterocycles. The molecule has 2 aromatic rings. The molecule has 1 aliphatic heterocycles. The number of nitrogens with zero attached hydrogens (tertiary/aromatic N) is 3. The van der Waals surface area contributed by atoms with Gasteiger partial charge in [-0.2, -0.15) is 5.06 Å². The minimum Gasteiger partial charge on any atom is -0.496 e. The second-order valence-electron chi connectivity index (χ2n) is 17.8. The largest absolute Gasteiger partial charge is 0.496 e. The normalized spacial score (nSPS) is 27.1. The van der Waals surface area contributed by atoms with Crippen molar-refractivity contribution < 1.29 is 24.3 Å². The Morgan fingerprint density at radius 3 is 2.28 bits per heavy atom. The number of rotatable bonds is 15. The van der Waals surface area contributed by atoms with Crippen molar-refractivity contribution >= 4 is 17.5 Å². The summed E-state index contributed by atoms with van der Waals surface area (Å²) in [4.78, 5) is 38.8. The maximum Gasteiger partial charge on any atom is 0.251 e. The maximum atomic E-state index is 14.7. The van der Waals surface area contributed by atoms with Crippen molar-refractivity contribution in [2.75, 3.05) is 52.8 Å². The summed E-state index contributed by atoms with van der Waals surface area (Å²) in [5.74, 6) is 2.43. The van der Waals surface area contributed by atoms with E-state index in [0.29, 0.717) is 52.9 Å². The Morgan fingerprint density at radius 1 is 1.06 bits per heavy atom. The molecule has 10 heteroatoms. The van der Waals surface area contributed by atoms with Crippen LogP contribution in [0.4, 0.5) is 5.69 Å². The lowest BCUT2D eigenvalue weighted by Gasteiger charge is -2.62.